The number of halogens is 1. The third-order valence-corrected chi connectivity index (χ3v) is 8.53. The van der Waals surface area contributed by atoms with E-state index in [1.807, 2.05) is 6.07 Å². The SMILES string of the molecule is O=C(Cn1cnc2scc(-c3ccc(F)cc3)c2c1=O)N(c1ccccc1)[C@@H]1CCS(=O)(=O)C1. The van der Waals surface area contributed by atoms with Gasteiger partial charge in [0.15, 0.2) is 9.84 Å². The van der Waals surface area contributed by atoms with Gasteiger partial charge in [0, 0.05) is 16.6 Å². The first-order valence-corrected chi connectivity index (χ1v) is 13.3. The number of sulfone groups is 1. The first-order valence-electron chi connectivity index (χ1n) is 10.6. The van der Waals surface area contributed by atoms with E-state index in [4.69, 9.17) is 0 Å². The summed E-state index contributed by atoms with van der Waals surface area (Å²) < 4.78 is 38.8. The fourth-order valence-corrected chi connectivity index (χ4v) is 6.88. The maximum absolute atomic E-state index is 13.4. The molecule has 1 saturated heterocycles. The van der Waals surface area contributed by atoms with Crippen LogP contribution in [0.4, 0.5) is 10.1 Å². The molecule has 1 aliphatic rings. The van der Waals surface area contributed by atoms with Gasteiger partial charge in [0.1, 0.15) is 17.2 Å². The van der Waals surface area contributed by atoms with Gasteiger partial charge in [0.2, 0.25) is 5.91 Å². The number of nitrogens with zero attached hydrogens (tertiary/aromatic N) is 3. The Balaban J connectivity index is 1.52. The van der Waals surface area contributed by atoms with Gasteiger partial charge in [-0.1, -0.05) is 30.3 Å². The minimum atomic E-state index is -3.22. The molecule has 0 saturated carbocycles. The van der Waals surface area contributed by atoms with Crippen LogP contribution in [0.25, 0.3) is 21.3 Å². The van der Waals surface area contributed by atoms with Gasteiger partial charge in [0.25, 0.3) is 5.56 Å². The Kier molecular flexibility index (Phi) is 5.78. The number of amides is 1. The summed E-state index contributed by atoms with van der Waals surface area (Å²) in [4.78, 5) is 33.2. The fourth-order valence-electron chi connectivity index (χ4n) is 4.27. The Morgan fingerprint density at radius 1 is 1.15 bits per heavy atom. The molecular formula is C24H20FN3O4S2. The van der Waals surface area contributed by atoms with E-state index in [0.29, 0.717) is 33.5 Å². The highest BCUT2D eigenvalue weighted by atomic mass is 32.2. The number of anilines is 1. The number of hydrogen-bond acceptors (Lipinski definition) is 6. The predicted octanol–water partition coefficient (Wildman–Crippen LogP) is 3.48. The first-order chi connectivity index (χ1) is 16.3. The molecule has 0 spiro atoms. The van der Waals surface area contributed by atoms with Gasteiger partial charge >= 0.3 is 0 Å². The van der Waals surface area contributed by atoms with Crippen LogP contribution < -0.4 is 10.5 Å². The van der Waals surface area contributed by atoms with Crippen LogP contribution in [-0.4, -0.2) is 41.4 Å². The van der Waals surface area contributed by atoms with Crippen LogP contribution in [0.15, 0.2) is 71.1 Å². The second kappa shape index (κ2) is 8.77. The molecule has 34 heavy (non-hydrogen) atoms. The quantitative estimate of drug-likeness (QED) is 0.421. The molecule has 5 rings (SSSR count). The van der Waals surface area contributed by atoms with Crippen LogP contribution in [0.3, 0.4) is 0 Å². The van der Waals surface area contributed by atoms with Crippen LogP contribution in [0.5, 0.6) is 0 Å². The average molecular weight is 498 g/mol. The van der Waals surface area contributed by atoms with Crippen molar-refractivity contribution in [3.63, 3.8) is 0 Å². The third kappa shape index (κ3) is 4.26. The summed E-state index contributed by atoms with van der Waals surface area (Å²) in [5.41, 5.74) is 1.50. The van der Waals surface area contributed by atoms with Crippen LogP contribution in [0.2, 0.25) is 0 Å². The normalized spacial score (nSPS) is 17.1. The van der Waals surface area contributed by atoms with Crippen molar-refractivity contribution < 1.29 is 17.6 Å². The average Bonchev–Trinajstić information content (AvgIpc) is 3.41. The molecule has 0 radical (unpaired) electrons. The summed E-state index contributed by atoms with van der Waals surface area (Å²) in [6.45, 7) is -0.286. The first kappa shape index (κ1) is 22.4. The number of carbonyl (C=O) groups excluding carboxylic acids is 1. The summed E-state index contributed by atoms with van der Waals surface area (Å²) in [5, 5.41) is 2.15. The lowest BCUT2D eigenvalue weighted by Crippen LogP contribution is -2.44. The lowest BCUT2D eigenvalue weighted by atomic mass is 10.1. The van der Waals surface area contributed by atoms with Gasteiger partial charge in [-0.2, -0.15) is 0 Å². The number of hydrogen-bond donors (Lipinski definition) is 0. The fraction of sp³-hybridized carbons (Fsp3) is 0.208. The number of rotatable bonds is 5. The molecule has 3 heterocycles. The van der Waals surface area contributed by atoms with Gasteiger partial charge in [-0.15, -0.1) is 11.3 Å². The van der Waals surface area contributed by atoms with E-state index < -0.39 is 21.8 Å². The summed E-state index contributed by atoms with van der Waals surface area (Å²) in [6, 6.07) is 14.2. The zero-order valence-electron chi connectivity index (χ0n) is 17.9. The van der Waals surface area contributed by atoms with Crippen LogP contribution >= 0.6 is 11.3 Å². The molecule has 1 fully saturated rings. The van der Waals surface area contributed by atoms with Crippen molar-refractivity contribution in [2.24, 2.45) is 0 Å². The number of aromatic nitrogens is 2. The van der Waals surface area contributed by atoms with E-state index in [1.54, 1.807) is 41.8 Å². The Labute approximate surface area is 199 Å². The molecule has 0 N–H and O–H groups in total. The topological polar surface area (TPSA) is 89.3 Å². The molecule has 0 aliphatic carbocycles. The molecule has 1 atom stereocenters. The van der Waals surface area contributed by atoms with Crippen molar-refractivity contribution in [2.75, 3.05) is 16.4 Å². The molecule has 2 aromatic heterocycles. The van der Waals surface area contributed by atoms with Crippen LogP contribution in [0, 0.1) is 5.82 Å². The molecule has 0 unspecified atom stereocenters. The molecule has 2 aromatic carbocycles. The summed E-state index contributed by atoms with van der Waals surface area (Å²) in [6.07, 6.45) is 1.68. The molecule has 0 bridgehead atoms. The Morgan fingerprint density at radius 2 is 1.88 bits per heavy atom. The van der Waals surface area contributed by atoms with E-state index in [1.165, 1.54) is 39.3 Å². The van der Waals surface area contributed by atoms with E-state index in [0.717, 1.165) is 0 Å². The van der Waals surface area contributed by atoms with E-state index in [-0.39, 0.29) is 29.4 Å². The minimum absolute atomic E-state index is 0.0255. The molecule has 1 amide bonds. The van der Waals surface area contributed by atoms with Crippen molar-refractivity contribution in [3.8, 4) is 11.1 Å². The van der Waals surface area contributed by atoms with Crippen molar-refractivity contribution >= 4 is 43.0 Å². The zero-order chi connectivity index (χ0) is 23.9. The van der Waals surface area contributed by atoms with E-state index in [9.17, 15) is 22.4 Å². The van der Waals surface area contributed by atoms with Crippen molar-refractivity contribution in [3.05, 3.63) is 82.5 Å². The van der Waals surface area contributed by atoms with Gasteiger partial charge in [-0.05, 0) is 36.2 Å². The number of fused-ring (bicyclic) bond motifs is 1. The van der Waals surface area contributed by atoms with Crippen LogP contribution in [0.1, 0.15) is 6.42 Å². The van der Waals surface area contributed by atoms with Crippen molar-refractivity contribution in [1.82, 2.24) is 9.55 Å². The molecule has 10 heteroatoms. The molecule has 1 aliphatic heterocycles. The number of carbonyl (C=O) groups is 1. The summed E-state index contributed by atoms with van der Waals surface area (Å²) >= 11 is 1.30. The highest BCUT2D eigenvalue weighted by Crippen LogP contribution is 2.31. The minimum Gasteiger partial charge on any atom is -0.307 e. The third-order valence-electron chi connectivity index (χ3n) is 5.90. The molecular weight excluding hydrogens is 477 g/mol. The predicted molar refractivity (Wildman–Crippen MR) is 130 cm³/mol. The van der Waals surface area contributed by atoms with Gasteiger partial charge in [0.05, 0.1) is 29.3 Å². The van der Waals surface area contributed by atoms with Gasteiger partial charge < -0.3 is 4.90 Å². The Morgan fingerprint density at radius 3 is 2.56 bits per heavy atom. The lowest BCUT2D eigenvalue weighted by molar-refractivity contribution is -0.119. The Hall–Kier alpha value is -3.37. The van der Waals surface area contributed by atoms with E-state index >= 15 is 0 Å². The summed E-state index contributed by atoms with van der Waals surface area (Å²) in [7, 11) is -3.22. The van der Waals surface area contributed by atoms with Gasteiger partial charge in [-0.25, -0.2) is 17.8 Å². The lowest BCUT2D eigenvalue weighted by Gasteiger charge is -2.28. The standard InChI is InChI=1S/C24H20FN3O4S2/c25-17-8-6-16(7-9-17)20-13-33-23-22(20)24(30)27(15-26-23)12-21(29)28(18-4-2-1-3-5-18)19-10-11-34(31,32)14-19/h1-9,13,15,19H,10-12,14H2/t19-/m1/s1. The molecule has 7 nitrogen and oxygen atoms in total. The second-order valence-corrected chi connectivity index (χ2v) is 11.3. The molecule has 174 valence electrons. The van der Waals surface area contributed by atoms with Gasteiger partial charge in [-0.3, -0.25) is 14.2 Å². The van der Waals surface area contributed by atoms with E-state index in [2.05, 4.69) is 4.98 Å². The maximum atomic E-state index is 13.4. The van der Waals surface area contributed by atoms with Crippen molar-refractivity contribution in [1.29, 1.82) is 0 Å². The molecule has 4 aromatic rings. The largest absolute Gasteiger partial charge is 0.307 e. The highest BCUT2D eigenvalue weighted by Gasteiger charge is 2.35. The number of para-hydroxylation sites is 1. The smallest absolute Gasteiger partial charge is 0.263 e. The van der Waals surface area contributed by atoms with Crippen LogP contribution in [-0.2, 0) is 21.2 Å². The summed E-state index contributed by atoms with van der Waals surface area (Å²) in [5.74, 6) is -0.856. The number of benzene rings is 2. The second-order valence-electron chi connectivity index (χ2n) is 8.17. The maximum Gasteiger partial charge on any atom is 0.263 e. The van der Waals surface area contributed by atoms with Crippen molar-refractivity contribution in [2.45, 2.75) is 19.0 Å². The highest BCUT2D eigenvalue weighted by molar-refractivity contribution is 7.91. The Bertz CT molecular complexity index is 1530. The number of thiophene rings is 1. The monoisotopic (exact) mass is 497 g/mol. The zero-order valence-corrected chi connectivity index (χ0v) is 19.6.